The smallest absolute Gasteiger partial charge is 0.309 e. The van der Waals surface area contributed by atoms with E-state index in [1.165, 1.54) is 64.0 Å². The molecule has 0 fully saturated rings. The maximum absolute atomic E-state index is 11.1. The monoisotopic (exact) mass is 338 g/mol. The van der Waals surface area contributed by atoms with Crippen molar-refractivity contribution < 1.29 is 9.53 Å². The molecule has 0 bridgehead atoms. The van der Waals surface area contributed by atoms with E-state index in [2.05, 4.69) is 39.4 Å². The molecule has 2 unspecified atom stereocenters. The van der Waals surface area contributed by atoms with Gasteiger partial charge in [0.2, 0.25) is 0 Å². The van der Waals surface area contributed by atoms with Gasteiger partial charge in [0.15, 0.2) is 0 Å². The van der Waals surface area contributed by atoms with Crippen LogP contribution in [0.25, 0.3) is 0 Å². The number of ether oxygens (including phenoxy) is 1. The fourth-order valence-electron chi connectivity index (χ4n) is 3.15. The van der Waals surface area contributed by atoms with E-state index >= 15 is 0 Å². The molecule has 0 aliphatic rings. The zero-order valence-corrected chi connectivity index (χ0v) is 17.2. The normalized spacial score (nSPS) is 14.7. The lowest BCUT2D eigenvalue weighted by Crippen LogP contribution is -2.00. The van der Waals surface area contributed by atoms with Crippen molar-refractivity contribution in [1.82, 2.24) is 0 Å². The first-order valence-electron chi connectivity index (χ1n) is 10.1. The highest BCUT2D eigenvalue weighted by Gasteiger charge is 2.07. The third kappa shape index (κ3) is 14.8. The van der Waals surface area contributed by atoms with Crippen molar-refractivity contribution in [2.45, 2.75) is 98.8 Å². The third-order valence-electron chi connectivity index (χ3n) is 4.99. The molecule has 0 radical (unpaired) electrons. The second kappa shape index (κ2) is 14.5. The van der Waals surface area contributed by atoms with Gasteiger partial charge in [-0.25, -0.2) is 0 Å². The molecule has 2 atom stereocenters. The summed E-state index contributed by atoms with van der Waals surface area (Å²) in [5.41, 5.74) is 1.31. The van der Waals surface area contributed by atoms with E-state index in [4.69, 9.17) is 0 Å². The first kappa shape index (κ1) is 23.2. The summed E-state index contributed by atoms with van der Waals surface area (Å²) in [6, 6.07) is 0. The van der Waals surface area contributed by atoms with Crippen molar-refractivity contribution >= 4 is 5.97 Å². The van der Waals surface area contributed by atoms with Gasteiger partial charge < -0.3 is 4.74 Å². The molecule has 142 valence electrons. The van der Waals surface area contributed by atoms with Crippen molar-refractivity contribution in [1.29, 1.82) is 0 Å². The van der Waals surface area contributed by atoms with Crippen LogP contribution in [0.5, 0.6) is 0 Å². The van der Waals surface area contributed by atoms with Gasteiger partial charge in [0.1, 0.15) is 0 Å². The van der Waals surface area contributed by atoms with E-state index in [-0.39, 0.29) is 5.97 Å². The number of esters is 1. The Morgan fingerprint density at radius 3 is 1.88 bits per heavy atom. The van der Waals surface area contributed by atoms with Crippen molar-refractivity contribution in [2.75, 3.05) is 7.11 Å². The van der Waals surface area contributed by atoms with Crippen molar-refractivity contribution in [3.63, 3.8) is 0 Å². The number of carbonyl (C=O) groups excluding carboxylic acids is 1. The quantitative estimate of drug-likeness (QED) is 0.253. The minimum atomic E-state index is -0.148. The molecular weight excluding hydrogens is 296 g/mol. The summed E-state index contributed by atoms with van der Waals surface area (Å²) in [7, 11) is 1.44. The van der Waals surface area contributed by atoms with Crippen LogP contribution in [-0.4, -0.2) is 13.1 Å². The van der Waals surface area contributed by atoms with Gasteiger partial charge in [0.25, 0.3) is 0 Å². The van der Waals surface area contributed by atoms with E-state index < -0.39 is 0 Å². The molecule has 0 aromatic carbocycles. The average molecular weight is 339 g/mol. The minimum absolute atomic E-state index is 0.148. The van der Waals surface area contributed by atoms with Crippen molar-refractivity contribution in [3.05, 3.63) is 11.6 Å². The summed E-state index contributed by atoms with van der Waals surface area (Å²) in [6.45, 7) is 11.6. The molecule has 2 nitrogen and oxygen atoms in total. The summed E-state index contributed by atoms with van der Waals surface area (Å²) in [5.74, 6) is 2.41. The van der Waals surface area contributed by atoms with Gasteiger partial charge in [-0.05, 0) is 37.5 Å². The van der Waals surface area contributed by atoms with Crippen LogP contribution in [0.1, 0.15) is 98.8 Å². The molecule has 0 saturated heterocycles. The lowest BCUT2D eigenvalue weighted by molar-refractivity contribution is -0.139. The minimum Gasteiger partial charge on any atom is -0.469 e. The van der Waals surface area contributed by atoms with Crippen LogP contribution >= 0.6 is 0 Å². The molecular formula is C22H42O2. The first-order chi connectivity index (χ1) is 11.3. The van der Waals surface area contributed by atoms with E-state index in [0.717, 1.165) is 24.2 Å². The molecule has 0 aliphatic heterocycles. The van der Waals surface area contributed by atoms with Crippen molar-refractivity contribution in [3.8, 4) is 0 Å². The van der Waals surface area contributed by atoms with Gasteiger partial charge >= 0.3 is 5.97 Å². The molecule has 0 aromatic heterocycles. The molecule has 2 heteroatoms. The van der Waals surface area contributed by atoms with Crippen molar-refractivity contribution in [2.24, 2.45) is 17.8 Å². The Kier molecular flexibility index (Phi) is 14.1. The van der Waals surface area contributed by atoms with Crippen LogP contribution in [0.2, 0.25) is 0 Å². The highest BCUT2D eigenvalue weighted by Crippen LogP contribution is 2.22. The van der Waals surface area contributed by atoms with Crippen LogP contribution in [-0.2, 0) is 9.53 Å². The zero-order valence-electron chi connectivity index (χ0n) is 17.2. The van der Waals surface area contributed by atoms with Gasteiger partial charge in [0, 0.05) is 0 Å². The topological polar surface area (TPSA) is 26.3 Å². The largest absolute Gasteiger partial charge is 0.469 e. The molecule has 0 aromatic rings. The second-order valence-electron chi connectivity index (χ2n) is 8.19. The number of carbonyl (C=O) groups is 1. The molecule has 0 amide bonds. The van der Waals surface area contributed by atoms with E-state index in [1.54, 1.807) is 0 Å². The molecule has 0 rings (SSSR count). The van der Waals surface area contributed by atoms with Gasteiger partial charge in [0.05, 0.1) is 13.5 Å². The van der Waals surface area contributed by atoms with Gasteiger partial charge in [-0.3, -0.25) is 4.79 Å². The summed E-state index contributed by atoms with van der Waals surface area (Å²) in [4.78, 5) is 11.1. The highest BCUT2D eigenvalue weighted by atomic mass is 16.5. The summed E-state index contributed by atoms with van der Waals surface area (Å²) >= 11 is 0. The fourth-order valence-corrected chi connectivity index (χ4v) is 3.15. The molecule has 0 saturated carbocycles. The highest BCUT2D eigenvalue weighted by molar-refractivity contribution is 5.71. The summed E-state index contributed by atoms with van der Waals surface area (Å²) < 4.78 is 4.66. The molecule has 24 heavy (non-hydrogen) atoms. The van der Waals surface area contributed by atoms with Crippen LogP contribution in [0.15, 0.2) is 11.6 Å². The van der Waals surface area contributed by atoms with Crippen LogP contribution in [0.4, 0.5) is 0 Å². The predicted octanol–water partition coefficient (Wildman–Crippen LogP) is 6.93. The van der Waals surface area contributed by atoms with E-state index in [9.17, 15) is 4.79 Å². The van der Waals surface area contributed by atoms with Gasteiger partial charge in [-0.2, -0.15) is 0 Å². The Labute approximate surface area is 151 Å². The maximum atomic E-state index is 11.1. The Balaban J connectivity index is 3.65. The van der Waals surface area contributed by atoms with Crippen LogP contribution < -0.4 is 0 Å². The lowest BCUT2D eigenvalue weighted by atomic mass is 9.91. The number of rotatable bonds is 14. The molecule has 0 heterocycles. The SMILES string of the molecule is COC(=O)C/C=C(\C)CCCC(C)CCCC(C)CCCC(C)C. The Bertz CT molecular complexity index is 344. The second-order valence-corrected chi connectivity index (χ2v) is 8.19. The average Bonchev–Trinajstić information content (AvgIpc) is 2.52. The number of hydrogen-bond donors (Lipinski definition) is 0. The zero-order chi connectivity index (χ0) is 18.4. The number of allylic oxidation sites excluding steroid dienone is 1. The molecule has 0 spiro atoms. The van der Waals surface area contributed by atoms with Gasteiger partial charge in [-0.15, -0.1) is 0 Å². The van der Waals surface area contributed by atoms with Gasteiger partial charge in [-0.1, -0.05) is 84.3 Å². The summed E-state index contributed by atoms with van der Waals surface area (Å²) in [5, 5.41) is 0. The maximum Gasteiger partial charge on any atom is 0.309 e. The Hall–Kier alpha value is -0.790. The predicted molar refractivity (Wildman–Crippen MR) is 105 cm³/mol. The Morgan fingerprint density at radius 1 is 0.875 bits per heavy atom. The Morgan fingerprint density at radius 2 is 1.38 bits per heavy atom. The standard InChI is InChI=1S/C22H42O2/c1-18(2)10-7-11-19(3)12-8-13-20(4)14-9-15-21(5)16-17-22(23)24-6/h16,18-20H,7-15,17H2,1-6H3/b21-16+. The number of hydrogen-bond acceptors (Lipinski definition) is 2. The van der Waals surface area contributed by atoms with E-state index in [0.29, 0.717) is 6.42 Å². The van der Waals surface area contributed by atoms with Crippen LogP contribution in [0, 0.1) is 17.8 Å². The summed E-state index contributed by atoms with van der Waals surface area (Å²) in [6.07, 6.45) is 14.3. The first-order valence-corrected chi connectivity index (χ1v) is 10.1. The van der Waals surface area contributed by atoms with Crippen LogP contribution in [0.3, 0.4) is 0 Å². The number of methoxy groups -OCH3 is 1. The molecule has 0 aliphatic carbocycles. The lowest BCUT2D eigenvalue weighted by Gasteiger charge is -2.15. The molecule has 0 N–H and O–H groups in total. The third-order valence-corrected chi connectivity index (χ3v) is 4.99. The fraction of sp³-hybridized carbons (Fsp3) is 0.864. The van der Waals surface area contributed by atoms with E-state index in [1.807, 2.05) is 6.08 Å².